The molecule has 4 atom stereocenters. The number of nitrogens with zero attached hydrogens (tertiary/aromatic N) is 4. The second-order valence-corrected chi connectivity index (χ2v) is 31.8. The summed E-state index contributed by atoms with van der Waals surface area (Å²) in [6.45, 7) is 0. The molecule has 4 heterocycles. The number of hydrogen-bond acceptors (Lipinski definition) is 5. The van der Waals surface area contributed by atoms with Gasteiger partial charge in [-0.15, -0.1) is 22.7 Å². The van der Waals surface area contributed by atoms with Crippen LogP contribution in [-0.4, -0.2) is 10.6 Å². The second-order valence-electron chi connectivity index (χ2n) is 29.6. The summed E-state index contributed by atoms with van der Waals surface area (Å²) in [6.07, 6.45) is 27.8. The summed E-state index contributed by atoms with van der Waals surface area (Å²) >= 11 is 3.88. The molecule has 0 saturated carbocycles. The van der Waals surface area contributed by atoms with Crippen LogP contribution in [0.3, 0.4) is 0 Å². The Morgan fingerprint density at radius 2 is 1.12 bits per heavy atom. The number of fused-ring (bicyclic) bond motifs is 22. The minimum atomic E-state index is 0.179. The van der Waals surface area contributed by atoms with E-state index in [9.17, 15) is 0 Å². The number of aromatic nitrogens is 1. The Bertz CT molecular complexity index is 6950. The van der Waals surface area contributed by atoms with E-state index in [4.69, 9.17) is 0 Å². The summed E-state index contributed by atoms with van der Waals surface area (Å²) in [5, 5.41) is 11.4. The third-order valence-corrected chi connectivity index (χ3v) is 26.5. The van der Waals surface area contributed by atoms with Crippen molar-refractivity contribution >= 4 is 154 Å². The van der Waals surface area contributed by atoms with Gasteiger partial charge >= 0.3 is 0 Å². The molecule has 0 fully saturated rings. The molecule has 6 heteroatoms. The lowest BCUT2D eigenvalue weighted by Gasteiger charge is -2.32. The molecular formula is C100H64N4S2. The van der Waals surface area contributed by atoms with E-state index in [-0.39, 0.29) is 23.8 Å². The highest BCUT2D eigenvalue weighted by atomic mass is 32.1. The summed E-state index contributed by atoms with van der Waals surface area (Å²) in [4.78, 5) is 9.13. The first-order valence-corrected chi connectivity index (χ1v) is 38.9. The molecule has 14 aromatic carbocycles. The van der Waals surface area contributed by atoms with Crippen LogP contribution < -0.4 is 14.7 Å². The minimum Gasteiger partial charge on any atom is -0.333 e. The molecule has 0 amide bonds. The number of allylic oxidation sites excluding steroid dienone is 8. The van der Waals surface area contributed by atoms with Gasteiger partial charge in [-0.2, -0.15) is 0 Å². The average molecular weight is 1390 g/mol. The lowest BCUT2D eigenvalue weighted by atomic mass is 9.72. The topological polar surface area (TPSA) is 14.7 Å². The molecule has 4 unspecified atom stereocenters. The Morgan fingerprint density at radius 1 is 0.406 bits per heavy atom. The van der Waals surface area contributed by atoms with Crippen molar-refractivity contribution in [3.8, 4) is 50.2 Å². The first-order valence-electron chi connectivity index (χ1n) is 37.2. The van der Waals surface area contributed by atoms with Gasteiger partial charge in [-0.1, -0.05) is 206 Å². The molecule has 1 aliphatic heterocycles. The van der Waals surface area contributed by atoms with Crippen molar-refractivity contribution in [2.24, 2.45) is 5.92 Å². The normalized spacial score (nSPS) is 17.2. The molecule has 17 aromatic rings. The first-order chi connectivity index (χ1) is 52.5. The van der Waals surface area contributed by atoms with Gasteiger partial charge in [0.05, 0.1) is 27.5 Å². The number of anilines is 8. The van der Waals surface area contributed by atoms with E-state index in [1.54, 1.807) is 0 Å². The number of aryl methyl sites for hydroxylation is 1. The molecular weight excluding hydrogens is 1320 g/mol. The highest BCUT2D eigenvalue weighted by Crippen LogP contribution is 2.60. The first kappa shape index (κ1) is 58.9. The summed E-state index contributed by atoms with van der Waals surface area (Å²) in [5.74, 6) is 0.686. The lowest BCUT2D eigenvalue weighted by molar-refractivity contribution is 0.666. The van der Waals surface area contributed by atoms with Crippen LogP contribution in [0, 0.1) is 5.92 Å². The van der Waals surface area contributed by atoms with E-state index in [0.29, 0.717) is 0 Å². The van der Waals surface area contributed by atoms with Crippen molar-refractivity contribution in [2.45, 2.75) is 30.7 Å². The van der Waals surface area contributed by atoms with Crippen molar-refractivity contribution < 1.29 is 0 Å². The lowest BCUT2D eigenvalue weighted by Crippen LogP contribution is -2.28. The van der Waals surface area contributed by atoms with E-state index in [0.717, 1.165) is 41.3 Å². The predicted octanol–water partition coefficient (Wildman–Crippen LogP) is 27.9. The molecule has 0 bridgehead atoms. The zero-order valence-electron chi connectivity index (χ0n) is 57.7. The van der Waals surface area contributed by atoms with Crippen LogP contribution in [0.25, 0.3) is 136 Å². The zero-order chi connectivity index (χ0) is 69.0. The fraction of sp³-hybridized carbons (Fsp3) is 0.0600. The Labute approximate surface area is 621 Å². The van der Waals surface area contributed by atoms with Gasteiger partial charge in [-0.05, 0) is 246 Å². The van der Waals surface area contributed by atoms with Gasteiger partial charge in [0.25, 0.3) is 0 Å². The standard InChI is InChI=1S/C100H64N4S2/c1-3-22-65(23-4-1)103-88-33-14-11-28-76(88)83-54-68(41-47-90(83)103)101(71-40-46-79-78-30-13-16-36-93(78)105-95(79)58-71)67-38-45-75-85-52-63(51-64-50-61-20-8-10-27-73(61)99(97(64)85)87(75)56-67)59-37-43-80-82-32-18-35-92(100(82)106-94(80)53-59)102(70-42-48-91-84(55-70)77-29-12-15-34-89(77)104(91)66-24-5-2-6-25-66)69-39-44-74-81-31-17-21-62-49-60-19-7-9-26-72(60)98(96(62)81)86(74)57-69/h1-15,17-35,37-58,72,77,89,98H,16,36H2. The Hall–Kier alpha value is -12.6. The molecule has 7 aliphatic rings. The molecule has 0 saturated heterocycles. The molecule has 0 radical (unpaired) electrons. The minimum absolute atomic E-state index is 0.179. The molecule has 6 aliphatic carbocycles. The number of thiophene rings is 2. The summed E-state index contributed by atoms with van der Waals surface area (Å²) in [7, 11) is 0. The van der Waals surface area contributed by atoms with Crippen molar-refractivity contribution in [1.29, 1.82) is 0 Å². The third-order valence-electron chi connectivity index (χ3n) is 24.1. The maximum Gasteiger partial charge on any atom is 0.0640 e. The number of hydrogen-bond donors (Lipinski definition) is 0. The largest absolute Gasteiger partial charge is 0.333 e. The highest BCUT2D eigenvalue weighted by Gasteiger charge is 2.42. The molecule has 0 spiro atoms. The highest BCUT2D eigenvalue weighted by molar-refractivity contribution is 7.26. The third kappa shape index (κ3) is 8.51. The number of para-hydroxylation sites is 3. The van der Waals surface area contributed by atoms with Crippen molar-refractivity contribution in [1.82, 2.24) is 4.57 Å². The SMILES string of the molecule is C1=CC2=Cc3cccc4c3C(c3cc(N(c5ccc6c(c5)C5C=CC=CC5N6c5ccccc5)c5cccc6c5sc5cc(-c7cc8c9c(c%10ccccc%10cc9c7)-c7cc(N(c9ccc%10c%11c(sc%10c9)CCC=C%11)c9ccc%10c(c9)c9ccccc9n%10-c9ccccc9)ccc7-8)ccc56)ccc3-4)C2C=C1. The summed E-state index contributed by atoms with van der Waals surface area (Å²) < 4.78 is 6.28. The average Bonchev–Trinajstić information content (AvgIpc) is 1.55. The Balaban J connectivity index is 0.656. The van der Waals surface area contributed by atoms with Gasteiger partial charge < -0.3 is 19.3 Å². The quantitative estimate of drug-likeness (QED) is 0.134. The smallest absolute Gasteiger partial charge is 0.0640 e. The van der Waals surface area contributed by atoms with Crippen LogP contribution in [0.1, 0.15) is 51.0 Å². The molecule has 4 nitrogen and oxygen atoms in total. The van der Waals surface area contributed by atoms with E-state index in [2.05, 4.69) is 359 Å². The summed E-state index contributed by atoms with van der Waals surface area (Å²) in [6, 6.07) is 105. The van der Waals surface area contributed by atoms with Gasteiger partial charge in [-0.3, -0.25) is 0 Å². The van der Waals surface area contributed by atoms with E-state index >= 15 is 0 Å². The van der Waals surface area contributed by atoms with Crippen molar-refractivity contribution in [2.75, 3.05) is 14.7 Å². The summed E-state index contributed by atoms with van der Waals surface area (Å²) in [5.41, 5.74) is 31.5. The van der Waals surface area contributed by atoms with Gasteiger partial charge in [0.2, 0.25) is 0 Å². The Morgan fingerprint density at radius 3 is 2.04 bits per heavy atom. The van der Waals surface area contributed by atoms with Crippen molar-refractivity contribution in [3.05, 3.63) is 366 Å². The molecule has 3 aromatic heterocycles. The fourth-order valence-electron chi connectivity index (χ4n) is 19.6. The van der Waals surface area contributed by atoms with Crippen LogP contribution in [0.15, 0.2) is 333 Å². The van der Waals surface area contributed by atoms with Crippen LogP contribution in [-0.2, 0) is 6.42 Å². The monoisotopic (exact) mass is 1380 g/mol. The maximum atomic E-state index is 2.59. The fourth-order valence-corrected chi connectivity index (χ4v) is 22.1. The van der Waals surface area contributed by atoms with E-state index in [1.165, 1.54) is 179 Å². The van der Waals surface area contributed by atoms with Gasteiger partial charge in [-0.25, -0.2) is 0 Å². The molecule has 106 heavy (non-hydrogen) atoms. The van der Waals surface area contributed by atoms with Gasteiger partial charge in [0.1, 0.15) is 0 Å². The number of rotatable bonds is 9. The maximum absolute atomic E-state index is 2.59. The van der Waals surface area contributed by atoms with E-state index < -0.39 is 0 Å². The molecule has 0 N–H and O–H groups in total. The van der Waals surface area contributed by atoms with Crippen LogP contribution in [0.2, 0.25) is 0 Å². The Kier molecular flexibility index (Phi) is 12.5. The second kappa shape index (κ2) is 22.5. The predicted molar refractivity (Wildman–Crippen MR) is 451 cm³/mol. The van der Waals surface area contributed by atoms with Crippen LogP contribution in [0.5, 0.6) is 0 Å². The molecule has 496 valence electrons. The van der Waals surface area contributed by atoms with Crippen LogP contribution >= 0.6 is 22.7 Å². The van der Waals surface area contributed by atoms with E-state index in [1.807, 2.05) is 22.7 Å². The van der Waals surface area contributed by atoms with Crippen LogP contribution in [0.4, 0.5) is 45.5 Å². The zero-order valence-corrected chi connectivity index (χ0v) is 59.3. The van der Waals surface area contributed by atoms with Crippen molar-refractivity contribution in [3.63, 3.8) is 0 Å². The van der Waals surface area contributed by atoms with Gasteiger partial charge in [0, 0.05) is 104 Å². The number of benzene rings is 14. The molecule has 24 rings (SSSR count). The van der Waals surface area contributed by atoms with Gasteiger partial charge in [0.15, 0.2) is 0 Å².